The number of carboxylic acids is 1. The van der Waals surface area contributed by atoms with Crippen molar-refractivity contribution in [3.63, 3.8) is 0 Å². The summed E-state index contributed by atoms with van der Waals surface area (Å²) in [5.41, 5.74) is 16.8. The van der Waals surface area contributed by atoms with E-state index in [1.54, 1.807) is 30.3 Å². The highest BCUT2D eigenvalue weighted by atomic mass is 32.1. The monoisotopic (exact) mass is 481 g/mol. The lowest BCUT2D eigenvalue weighted by Gasteiger charge is -2.22. The number of benzene rings is 1. The standard InChI is InChI=1S/C20H31N7O5S/c21-13(11-33)17(29)25-10-16(28)26-15(9-12-5-2-1-3-6-12)18(30)27-14(19(31)32)7-4-8-24-20(22)23/h1-3,5-6,13-15,33H,4,7-11,21H2,(H,25,29)(H,26,28)(H,27,30)(H,31,32)(H4,22,23,24). The number of nitrogens with zero attached hydrogens (tertiary/aromatic N) is 1. The first kappa shape index (κ1) is 27.7. The van der Waals surface area contributed by atoms with Crippen LogP contribution in [0, 0.1) is 0 Å². The molecule has 0 aliphatic heterocycles. The molecular weight excluding hydrogens is 450 g/mol. The number of amides is 3. The Morgan fingerprint density at radius 3 is 2.27 bits per heavy atom. The van der Waals surface area contributed by atoms with Gasteiger partial charge in [0.15, 0.2) is 5.96 Å². The number of thiol groups is 1. The van der Waals surface area contributed by atoms with Gasteiger partial charge in [-0.1, -0.05) is 30.3 Å². The van der Waals surface area contributed by atoms with E-state index in [9.17, 15) is 24.3 Å². The fourth-order valence-corrected chi connectivity index (χ4v) is 2.88. The normalized spacial score (nSPS) is 13.2. The van der Waals surface area contributed by atoms with E-state index in [0.29, 0.717) is 6.42 Å². The molecule has 1 aromatic carbocycles. The maximum Gasteiger partial charge on any atom is 0.326 e. The molecule has 0 bridgehead atoms. The second-order valence-electron chi connectivity index (χ2n) is 7.16. The van der Waals surface area contributed by atoms with Crippen LogP contribution in [-0.2, 0) is 25.6 Å². The van der Waals surface area contributed by atoms with E-state index in [-0.39, 0.29) is 31.1 Å². The van der Waals surface area contributed by atoms with Crippen molar-refractivity contribution in [2.75, 3.05) is 18.8 Å². The van der Waals surface area contributed by atoms with Crippen LogP contribution in [0.3, 0.4) is 0 Å². The number of carbonyl (C=O) groups excluding carboxylic acids is 3. The lowest BCUT2D eigenvalue weighted by Crippen LogP contribution is -2.54. The number of aliphatic imine (C=N–C) groups is 1. The third-order valence-corrected chi connectivity index (χ3v) is 4.84. The van der Waals surface area contributed by atoms with Crippen LogP contribution in [-0.4, -0.2) is 71.7 Å². The van der Waals surface area contributed by atoms with E-state index in [2.05, 4.69) is 33.6 Å². The van der Waals surface area contributed by atoms with Gasteiger partial charge in [0, 0.05) is 18.7 Å². The van der Waals surface area contributed by atoms with Gasteiger partial charge in [-0.3, -0.25) is 19.4 Å². The first-order chi connectivity index (χ1) is 15.6. The summed E-state index contributed by atoms with van der Waals surface area (Å²) < 4.78 is 0. The minimum atomic E-state index is -1.23. The number of carbonyl (C=O) groups is 4. The highest BCUT2D eigenvalue weighted by molar-refractivity contribution is 7.80. The van der Waals surface area contributed by atoms with Gasteiger partial charge in [0.2, 0.25) is 17.7 Å². The molecule has 0 aliphatic rings. The van der Waals surface area contributed by atoms with Gasteiger partial charge in [0.1, 0.15) is 12.1 Å². The predicted octanol–water partition coefficient (Wildman–Crippen LogP) is -2.29. The van der Waals surface area contributed by atoms with Gasteiger partial charge in [0.25, 0.3) is 0 Å². The molecular formula is C20H31N7O5S. The van der Waals surface area contributed by atoms with Crippen molar-refractivity contribution in [1.82, 2.24) is 16.0 Å². The van der Waals surface area contributed by atoms with Crippen molar-refractivity contribution in [3.05, 3.63) is 35.9 Å². The van der Waals surface area contributed by atoms with Crippen LogP contribution >= 0.6 is 12.6 Å². The Labute approximate surface area is 197 Å². The third-order valence-electron chi connectivity index (χ3n) is 4.45. The second kappa shape index (κ2) is 14.7. The van der Waals surface area contributed by atoms with Crippen molar-refractivity contribution in [2.24, 2.45) is 22.2 Å². The van der Waals surface area contributed by atoms with Gasteiger partial charge in [-0.15, -0.1) is 0 Å². The van der Waals surface area contributed by atoms with E-state index < -0.39 is 48.4 Å². The van der Waals surface area contributed by atoms with Crippen molar-refractivity contribution in [3.8, 4) is 0 Å². The molecule has 13 heteroatoms. The second-order valence-corrected chi connectivity index (χ2v) is 7.53. The van der Waals surface area contributed by atoms with Crippen LogP contribution in [0.2, 0.25) is 0 Å². The Hall–Kier alpha value is -3.32. The van der Waals surface area contributed by atoms with Crippen LogP contribution in [0.1, 0.15) is 18.4 Å². The van der Waals surface area contributed by atoms with Crippen LogP contribution in [0.25, 0.3) is 0 Å². The molecule has 1 aromatic rings. The molecule has 3 atom stereocenters. The van der Waals surface area contributed by atoms with E-state index in [1.807, 2.05) is 0 Å². The lowest BCUT2D eigenvalue weighted by atomic mass is 10.0. The quantitative estimate of drug-likeness (QED) is 0.0624. The Morgan fingerprint density at radius 1 is 1.03 bits per heavy atom. The maximum absolute atomic E-state index is 12.9. The van der Waals surface area contributed by atoms with Gasteiger partial charge in [-0.2, -0.15) is 12.6 Å². The van der Waals surface area contributed by atoms with E-state index in [4.69, 9.17) is 17.2 Å². The first-order valence-electron chi connectivity index (χ1n) is 10.2. The zero-order valence-corrected chi connectivity index (χ0v) is 19.0. The summed E-state index contributed by atoms with van der Waals surface area (Å²) in [5, 5.41) is 16.8. The summed E-state index contributed by atoms with van der Waals surface area (Å²) in [4.78, 5) is 52.3. The molecule has 0 aliphatic carbocycles. The zero-order chi connectivity index (χ0) is 24.8. The van der Waals surface area contributed by atoms with Gasteiger partial charge in [-0.25, -0.2) is 4.79 Å². The highest BCUT2D eigenvalue weighted by Crippen LogP contribution is 2.06. The molecule has 0 aromatic heterocycles. The molecule has 3 amide bonds. The molecule has 182 valence electrons. The smallest absolute Gasteiger partial charge is 0.326 e. The van der Waals surface area contributed by atoms with Crippen molar-refractivity contribution in [1.29, 1.82) is 0 Å². The third kappa shape index (κ3) is 11.2. The average molecular weight is 482 g/mol. The predicted molar refractivity (Wildman–Crippen MR) is 126 cm³/mol. The summed E-state index contributed by atoms with van der Waals surface area (Å²) in [6.45, 7) is -0.194. The molecule has 3 unspecified atom stereocenters. The Kier molecular flexibility index (Phi) is 12.3. The van der Waals surface area contributed by atoms with E-state index >= 15 is 0 Å². The van der Waals surface area contributed by atoms with E-state index in [1.165, 1.54) is 0 Å². The number of nitrogens with two attached hydrogens (primary N) is 3. The van der Waals surface area contributed by atoms with Gasteiger partial charge >= 0.3 is 5.97 Å². The van der Waals surface area contributed by atoms with Crippen LogP contribution < -0.4 is 33.2 Å². The molecule has 0 spiro atoms. The van der Waals surface area contributed by atoms with Crippen LogP contribution in [0.5, 0.6) is 0 Å². The SMILES string of the molecule is NC(N)=NCCCC(NC(=O)C(Cc1ccccc1)NC(=O)CNC(=O)C(N)CS)C(=O)O. The Balaban J connectivity index is 2.83. The van der Waals surface area contributed by atoms with Crippen molar-refractivity contribution < 1.29 is 24.3 Å². The highest BCUT2D eigenvalue weighted by Gasteiger charge is 2.27. The van der Waals surface area contributed by atoms with Crippen LogP contribution in [0.4, 0.5) is 0 Å². The number of carboxylic acid groups (broad SMARTS) is 1. The van der Waals surface area contributed by atoms with Crippen LogP contribution in [0.15, 0.2) is 35.3 Å². The fourth-order valence-electron chi connectivity index (χ4n) is 2.72. The molecule has 0 radical (unpaired) electrons. The van der Waals surface area contributed by atoms with Gasteiger partial charge in [-0.05, 0) is 18.4 Å². The molecule has 0 saturated heterocycles. The number of hydrogen-bond acceptors (Lipinski definition) is 7. The number of nitrogens with one attached hydrogen (secondary N) is 3. The molecule has 0 fully saturated rings. The molecule has 0 saturated carbocycles. The van der Waals surface area contributed by atoms with Gasteiger partial charge in [0.05, 0.1) is 12.6 Å². The first-order valence-corrected chi connectivity index (χ1v) is 10.8. The Morgan fingerprint density at radius 2 is 1.70 bits per heavy atom. The maximum atomic E-state index is 12.9. The molecule has 12 nitrogen and oxygen atoms in total. The average Bonchev–Trinajstić information content (AvgIpc) is 2.78. The van der Waals surface area contributed by atoms with Crippen molar-refractivity contribution in [2.45, 2.75) is 37.4 Å². The van der Waals surface area contributed by atoms with Crippen molar-refractivity contribution >= 4 is 42.3 Å². The van der Waals surface area contributed by atoms with E-state index in [0.717, 1.165) is 5.56 Å². The summed E-state index contributed by atoms with van der Waals surface area (Å²) in [6, 6.07) is 5.73. The number of guanidine groups is 1. The number of hydrogen-bond donors (Lipinski definition) is 8. The molecule has 0 heterocycles. The molecule has 10 N–H and O–H groups in total. The molecule has 1 rings (SSSR count). The summed E-state index contributed by atoms with van der Waals surface area (Å²) in [6.07, 6.45) is 0.521. The summed E-state index contributed by atoms with van der Waals surface area (Å²) in [5.74, 6) is -3.11. The lowest BCUT2D eigenvalue weighted by molar-refractivity contribution is -0.142. The fraction of sp³-hybridized carbons (Fsp3) is 0.450. The zero-order valence-electron chi connectivity index (χ0n) is 18.1. The molecule has 33 heavy (non-hydrogen) atoms. The number of rotatable bonds is 14. The number of aliphatic carboxylic acids is 1. The summed E-state index contributed by atoms with van der Waals surface area (Å²) in [7, 11) is 0. The van der Waals surface area contributed by atoms with Gasteiger partial charge < -0.3 is 38.3 Å². The Bertz CT molecular complexity index is 833. The minimum Gasteiger partial charge on any atom is -0.480 e. The largest absolute Gasteiger partial charge is 0.480 e. The topological polar surface area (TPSA) is 215 Å². The minimum absolute atomic E-state index is 0.0849. The summed E-state index contributed by atoms with van der Waals surface area (Å²) >= 11 is 3.92.